The minimum absolute atomic E-state index is 0.0217. The number of aromatic nitrogens is 6. The molecule has 0 radical (unpaired) electrons. The zero-order valence-corrected chi connectivity index (χ0v) is 27.1. The van der Waals surface area contributed by atoms with Crippen molar-refractivity contribution in [3.8, 4) is 29.5 Å². The number of imidazole rings is 2. The van der Waals surface area contributed by atoms with Gasteiger partial charge in [0.2, 0.25) is 5.88 Å². The molecule has 5 heterocycles. The first-order chi connectivity index (χ1) is 24.3. The number of halogens is 2. The number of nitrogens with zero attached hydrogens (tertiary/aromatic N) is 8. The number of likely N-dealkylation sites (tertiary alicyclic amines) is 1. The number of piperidine rings is 1. The van der Waals surface area contributed by atoms with Crippen molar-refractivity contribution in [1.29, 1.82) is 5.26 Å². The van der Waals surface area contributed by atoms with Crippen molar-refractivity contribution in [2.45, 2.75) is 58.0 Å². The van der Waals surface area contributed by atoms with Crippen LogP contribution in [0.3, 0.4) is 0 Å². The summed E-state index contributed by atoms with van der Waals surface area (Å²) in [5.41, 5.74) is 3.13. The van der Waals surface area contributed by atoms with Crippen molar-refractivity contribution in [2.24, 2.45) is 5.92 Å². The first kappa shape index (κ1) is 32.7. The molecule has 1 aromatic carbocycles. The van der Waals surface area contributed by atoms with Gasteiger partial charge >= 0.3 is 5.97 Å². The quantitative estimate of drug-likeness (QED) is 0.185. The largest absolute Gasteiger partial charge is 0.484 e. The second kappa shape index (κ2) is 13.9. The topological polar surface area (TPSA) is 144 Å². The van der Waals surface area contributed by atoms with Crippen molar-refractivity contribution in [1.82, 2.24) is 34.0 Å². The van der Waals surface area contributed by atoms with E-state index < -0.39 is 29.4 Å². The highest BCUT2D eigenvalue weighted by molar-refractivity contribution is 5.79. The Hall–Kier alpha value is -5.86. The summed E-state index contributed by atoms with van der Waals surface area (Å²) in [4.78, 5) is 32.4. The van der Waals surface area contributed by atoms with Crippen LogP contribution in [0.5, 0.6) is 11.6 Å². The summed E-state index contributed by atoms with van der Waals surface area (Å²) in [6.07, 6.45) is 4.87. The van der Waals surface area contributed by atoms with E-state index in [-0.39, 0.29) is 35.6 Å². The molecule has 1 fully saturated rings. The second-order valence-corrected chi connectivity index (χ2v) is 12.2. The Morgan fingerprint density at radius 3 is 2.62 bits per heavy atom. The number of nitriles is 1. The smallest absolute Gasteiger partial charge is 0.320 e. The highest BCUT2D eigenvalue weighted by Gasteiger charge is 2.34. The van der Waals surface area contributed by atoms with Crippen LogP contribution < -0.4 is 9.47 Å². The average Bonchev–Trinajstić information content (AvgIpc) is 3.69. The van der Waals surface area contributed by atoms with Crippen LogP contribution in [0, 0.1) is 40.7 Å². The number of aryl methyl sites for hydroxylation is 1. The summed E-state index contributed by atoms with van der Waals surface area (Å²) in [7, 11) is 0. The second-order valence-electron chi connectivity index (χ2n) is 12.2. The summed E-state index contributed by atoms with van der Waals surface area (Å²) in [6.45, 7) is 4.98. The van der Waals surface area contributed by atoms with E-state index in [9.17, 15) is 18.7 Å². The Bertz CT molecular complexity index is 2170. The number of rotatable bonds is 12. The third-order valence-electron chi connectivity index (χ3n) is 8.97. The maximum absolute atomic E-state index is 14.5. The van der Waals surface area contributed by atoms with E-state index in [1.54, 1.807) is 6.33 Å². The van der Waals surface area contributed by atoms with Gasteiger partial charge in [0.15, 0.2) is 17.2 Å². The average molecular weight is 679 g/mol. The standard InChI is InChI=1S/C36H32F2N8O4/c1-2-45-21-40-17-23(45)18-46-33(41-30-8-7-29(43-35(30)46)25-4-5-26(25)36(47)48)19-44-13-11-24(12-14-44)50-34-10-6-27(37)31(42-34)20-49-32-9-3-22(16-39)15-28(32)38/h3,6-10,15,17,21,24-26H,2,11-14,18-20H2,1H3,(H,47,48). The van der Waals surface area contributed by atoms with Crippen LogP contribution in [0.25, 0.3) is 11.2 Å². The van der Waals surface area contributed by atoms with E-state index >= 15 is 0 Å². The summed E-state index contributed by atoms with van der Waals surface area (Å²) >= 11 is 0. The number of carboxylic acid groups (broad SMARTS) is 1. The maximum atomic E-state index is 14.5. The van der Waals surface area contributed by atoms with Crippen molar-refractivity contribution in [2.75, 3.05) is 13.1 Å². The lowest BCUT2D eigenvalue weighted by Gasteiger charge is -2.31. The molecule has 14 heteroatoms. The molecule has 254 valence electrons. The Morgan fingerprint density at radius 1 is 1.06 bits per heavy atom. The van der Waals surface area contributed by atoms with Gasteiger partial charge in [-0.3, -0.25) is 9.69 Å². The van der Waals surface area contributed by atoms with Gasteiger partial charge in [0.25, 0.3) is 0 Å². The fraction of sp³-hybridized carbons (Fsp3) is 0.333. The van der Waals surface area contributed by atoms with Crippen LogP contribution >= 0.6 is 0 Å². The number of carbonyl (C=O) groups is 1. The SMILES string of the molecule is CCn1cncc1Cn1c(CN2CCC(Oc3ccc(F)c(COc4ccc(C#N)cc4F)n3)CC2)nc2ccc(C3C#CC3C(=O)O)nc21. The van der Waals surface area contributed by atoms with Gasteiger partial charge in [0.05, 0.1) is 48.4 Å². The lowest BCUT2D eigenvalue weighted by Crippen LogP contribution is -2.38. The van der Waals surface area contributed by atoms with Gasteiger partial charge in [-0.2, -0.15) is 5.26 Å². The molecule has 0 amide bonds. The predicted molar refractivity (Wildman–Crippen MR) is 175 cm³/mol. The van der Waals surface area contributed by atoms with Crippen LogP contribution in [0.2, 0.25) is 0 Å². The maximum Gasteiger partial charge on any atom is 0.320 e. The summed E-state index contributed by atoms with van der Waals surface area (Å²) in [6, 6.07) is 12.1. The van der Waals surface area contributed by atoms with Crippen molar-refractivity contribution in [3.63, 3.8) is 0 Å². The molecule has 1 aliphatic heterocycles. The number of hydrogen-bond acceptors (Lipinski definition) is 9. The van der Waals surface area contributed by atoms with Crippen molar-refractivity contribution >= 4 is 17.1 Å². The monoisotopic (exact) mass is 678 g/mol. The normalized spacial score (nSPS) is 17.5. The molecule has 1 aliphatic carbocycles. The Morgan fingerprint density at radius 2 is 1.90 bits per heavy atom. The van der Waals surface area contributed by atoms with Crippen LogP contribution in [0.4, 0.5) is 8.78 Å². The lowest BCUT2D eigenvalue weighted by atomic mass is 9.83. The van der Waals surface area contributed by atoms with Crippen molar-refractivity contribution in [3.05, 3.63) is 95.1 Å². The molecule has 1 saturated heterocycles. The fourth-order valence-corrected chi connectivity index (χ4v) is 6.17. The fourth-order valence-electron chi connectivity index (χ4n) is 6.17. The number of ether oxygens (including phenoxy) is 2. The number of pyridine rings is 2. The minimum atomic E-state index is -0.954. The summed E-state index contributed by atoms with van der Waals surface area (Å²) < 4.78 is 44.5. The molecular formula is C36H32F2N8O4. The molecule has 5 aromatic rings. The first-order valence-electron chi connectivity index (χ1n) is 16.3. The highest BCUT2D eigenvalue weighted by atomic mass is 19.1. The van der Waals surface area contributed by atoms with Crippen LogP contribution in [-0.2, 0) is 31.0 Å². The van der Waals surface area contributed by atoms with E-state index in [2.05, 4.69) is 42.8 Å². The van der Waals surface area contributed by atoms with Gasteiger partial charge in [0, 0.05) is 31.9 Å². The highest BCUT2D eigenvalue weighted by Crippen LogP contribution is 2.31. The molecule has 12 nitrogen and oxygen atoms in total. The molecule has 7 rings (SSSR count). The predicted octanol–water partition coefficient (Wildman–Crippen LogP) is 4.66. The zero-order valence-electron chi connectivity index (χ0n) is 27.1. The Labute approximate surface area is 285 Å². The number of carboxylic acids is 1. The molecule has 2 unspecified atom stereocenters. The number of aliphatic carboxylic acids is 1. The number of hydrogen-bond donors (Lipinski definition) is 1. The molecule has 1 N–H and O–H groups in total. The van der Waals surface area contributed by atoms with E-state index in [1.807, 2.05) is 24.4 Å². The van der Waals surface area contributed by atoms with E-state index in [0.717, 1.165) is 24.1 Å². The lowest BCUT2D eigenvalue weighted by molar-refractivity contribution is -0.140. The molecule has 50 heavy (non-hydrogen) atoms. The van der Waals surface area contributed by atoms with Crippen molar-refractivity contribution < 1.29 is 28.2 Å². The van der Waals surface area contributed by atoms with Gasteiger partial charge in [-0.25, -0.2) is 28.7 Å². The molecule has 0 saturated carbocycles. The first-order valence-corrected chi connectivity index (χ1v) is 16.3. The Kier molecular flexibility index (Phi) is 9.11. The van der Waals surface area contributed by atoms with Gasteiger partial charge in [-0.1, -0.05) is 11.8 Å². The minimum Gasteiger partial charge on any atom is -0.484 e. The molecule has 2 aliphatic rings. The van der Waals surface area contributed by atoms with Crippen LogP contribution in [0.15, 0.2) is 55.0 Å². The van der Waals surface area contributed by atoms with E-state index in [1.165, 1.54) is 24.3 Å². The molecule has 0 spiro atoms. The zero-order chi connectivity index (χ0) is 34.8. The van der Waals surface area contributed by atoms with Gasteiger partial charge in [0.1, 0.15) is 41.5 Å². The van der Waals surface area contributed by atoms with E-state index in [4.69, 9.17) is 24.7 Å². The van der Waals surface area contributed by atoms with E-state index in [0.29, 0.717) is 55.9 Å². The van der Waals surface area contributed by atoms with Gasteiger partial charge < -0.3 is 23.7 Å². The number of fused-ring (bicyclic) bond motifs is 1. The summed E-state index contributed by atoms with van der Waals surface area (Å²) in [5.74, 6) is 3.13. The molecule has 2 atom stereocenters. The van der Waals surface area contributed by atoms with Crippen LogP contribution in [-0.4, -0.2) is 64.2 Å². The van der Waals surface area contributed by atoms with Gasteiger partial charge in [-0.15, -0.1) is 0 Å². The van der Waals surface area contributed by atoms with Gasteiger partial charge in [-0.05, 0) is 56.2 Å². The Balaban J connectivity index is 1.03. The summed E-state index contributed by atoms with van der Waals surface area (Å²) in [5, 5.41) is 18.5. The molecule has 4 aromatic heterocycles. The molecule has 0 bridgehead atoms. The third kappa shape index (κ3) is 6.70. The third-order valence-corrected chi connectivity index (χ3v) is 8.97. The molecular weight excluding hydrogens is 646 g/mol. The number of benzene rings is 1. The van der Waals surface area contributed by atoms with Crippen LogP contribution in [0.1, 0.15) is 54.2 Å².